The number of rotatable bonds is 7. The minimum Gasteiger partial charge on any atom is -0.493 e. The number of amides is 3. The van der Waals surface area contributed by atoms with Crippen LogP contribution < -0.4 is 24.8 Å². The molecule has 0 fully saturated rings. The Kier molecular flexibility index (Phi) is 7.09. The van der Waals surface area contributed by atoms with Gasteiger partial charge >= 0.3 is 12.0 Å². The van der Waals surface area contributed by atoms with Crippen LogP contribution in [0.4, 0.5) is 10.5 Å². The van der Waals surface area contributed by atoms with Crippen molar-refractivity contribution < 1.29 is 33.3 Å². The number of hydrogen-bond donors (Lipinski definition) is 2. The first-order chi connectivity index (χ1) is 14.5. The van der Waals surface area contributed by atoms with Crippen LogP contribution in [0.25, 0.3) is 0 Å². The van der Waals surface area contributed by atoms with E-state index in [1.165, 1.54) is 0 Å². The zero-order valence-corrected chi connectivity index (χ0v) is 16.4. The molecule has 2 aromatic rings. The van der Waals surface area contributed by atoms with Crippen LogP contribution >= 0.6 is 0 Å². The lowest BCUT2D eigenvalue weighted by Gasteiger charge is -2.19. The molecule has 9 heteroatoms. The normalized spacial score (nSPS) is 11.9. The molecule has 9 nitrogen and oxygen atoms in total. The fourth-order valence-electron chi connectivity index (χ4n) is 2.55. The smallest absolute Gasteiger partial charge is 0.325 e. The van der Waals surface area contributed by atoms with E-state index < -0.39 is 24.5 Å². The Morgan fingerprint density at radius 1 is 1.00 bits per heavy atom. The lowest BCUT2D eigenvalue weighted by molar-refractivity contribution is -0.148. The molecule has 1 aliphatic heterocycles. The molecule has 1 heterocycles. The average Bonchev–Trinajstić information content (AvgIpc) is 2.73. The van der Waals surface area contributed by atoms with Gasteiger partial charge in [0.05, 0.1) is 13.0 Å². The highest BCUT2D eigenvalue weighted by Crippen LogP contribution is 2.32. The Morgan fingerprint density at radius 2 is 1.73 bits per heavy atom. The largest absolute Gasteiger partial charge is 0.493 e. The summed E-state index contributed by atoms with van der Waals surface area (Å²) in [6, 6.07) is 11.5. The summed E-state index contributed by atoms with van der Waals surface area (Å²) >= 11 is 0. The Bertz CT molecular complexity index is 912. The number of imide groups is 1. The topological polar surface area (TPSA) is 112 Å². The maximum Gasteiger partial charge on any atom is 0.325 e. The number of fused-ring (bicyclic) bond motifs is 1. The second-order valence-electron chi connectivity index (χ2n) is 6.43. The molecular weight excluding hydrogens is 392 g/mol. The summed E-state index contributed by atoms with van der Waals surface area (Å²) in [5.41, 5.74) is 1.53. The standard InChI is InChI=1S/C21H22N2O7/c1-14-2-5-16(6-3-14)27-9-8-20(25)30-13-19(24)23-21(26)22-15-4-7-17-18(12-15)29-11-10-28-17/h2-7,12H,8-11,13H2,1H3,(H2,22,23,24,26). The van der Waals surface area contributed by atoms with Crippen LogP contribution in [0.1, 0.15) is 12.0 Å². The molecule has 0 bridgehead atoms. The van der Waals surface area contributed by atoms with Crippen molar-refractivity contribution in [2.75, 3.05) is 31.7 Å². The molecule has 0 aliphatic carbocycles. The van der Waals surface area contributed by atoms with E-state index in [4.69, 9.17) is 18.9 Å². The summed E-state index contributed by atoms with van der Waals surface area (Å²) in [4.78, 5) is 35.4. The molecule has 2 aromatic carbocycles. The number of benzene rings is 2. The number of carbonyl (C=O) groups excluding carboxylic acids is 3. The van der Waals surface area contributed by atoms with Crippen molar-refractivity contribution in [1.82, 2.24) is 5.32 Å². The fourth-order valence-corrected chi connectivity index (χ4v) is 2.55. The highest BCUT2D eigenvalue weighted by molar-refractivity contribution is 6.02. The van der Waals surface area contributed by atoms with E-state index in [2.05, 4.69) is 10.6 Å². The van der Waals surface area contributed by atoms with Crippen molar-refractivity contribution in [1.29, 1.82) is 0 Å². The first kappa shape index (κ1) is 21.0. The predicted molar refractivity (Wildman–Crippen MR) is 107 cm³/mol. The summed E-state index contributed by atoms with van der Waals surface area (Å²) < 4.78 is 21.1. The zero-order valence-electron chi connectivity index (χ0n) is 16.4. The third-order valence-electron chi connectivity index (χ3n) is 4.01. The molecule has 3 rings (SSSR count). The van der Waals surface area contributed by atoms with Crippen LogP contribution in [0.3, 0.4) is 0 Å². The van der Waals surface area contributed by atoms with Gasteiger partial charge in [0.25, 0.3) is 5.91 Å². The second kappa shape index (κ2) is 10.1. The van der Waals surface area contributed by atoms with Gasteiger partial charge in [-0.2, -0.15) is 0 Å². The third-order valence-corrected chi connectivity index (χ3v) is 4.01. The molecule has 0 spiro atoms. The summed E-state index contributed by atoms with van der Waals surface area (Å²) in [6.45, 7) is 2.39. The van der Waals surface area contributed by atoms with Gasteiger partial charge in [0, 0.05) is 11.8 Å². The molecule has 3 amide bonds. The second-order valence-corrected chi connectivity index (χ2v) is 6.43. The Balaban J connectivity index is 1.34. The van der Waals surface area contributed by atoms with Crippen LogP contribution in [0.15, 0.2) is 42.5 Å². The van der Waals surface area contributed by atoms with Crippen LogP contribution in [0.5, 0.6) is 17.2 Å². The van der Waals surface area contributed by atoms with Crippen molar-refractivity contribution in [3.63, 3.8) is 0 Å². The molecule has 0 aromatic heterocycles. The van der Waals surface area contributed by atoms with Crippen LogP contribution in [0, 0.1) is 6.92 Å². The maximum absolute atomic E-state index is 11.9. The van der Waals surface area contributed by atoms with Crippen LogP contribution in [-0.4, -0.2) is 44.3 Å². The fraction of sp³-hybridized carbons (Fsp3) is 0.286. The van der Waals surface area contributed by atoms with Crippen molar-refractivity contribution >= 4 is 23.6 Å². The number of urea groups is 1. The highest BCUT2D eigenvalue weighted by atomic mass is 16.6. The van der Waals surface area contributed by atoms with E-state index in [0.717, 1.165) is 5.56 Å². The number of nitrogens with one attached hydrogen (secondary N) is 2. The first-order valence-corrected chi connectivity index (χ1v) is 9.35. The van der Waals surface area contributed by atoms with Gasteiger partial charge < -0.3 is 24.3 Å². The zero-order chi connectivity index (χ0) is 21.3. The molecule has 0 unspecified atom stereocenters. The SMILES string of the molecule is Cc1ccc(OCCC(=O)OCC(=O)NC(=O)Nc2ccc3c(c2)OCCO3)cc1. The summed E-state index contributed by atoms with van der Waals surface area (Å²) in [6.07, 6.45) is -0.0233. The predicted octanol–water partition coefficient (Wildman–Crippen LogP) is 2.43. The van der Waals surface area contributed by atoms with Crippen LogP contribution in [-0.2, 0) is 14.3 Å². The number of aryl methyl sites for hydroxylation is 1. The van der Waals surface area contributed by atoms with E-state index >= 15 is 0 Å². The number of anilines is 1. The summed E-state index contributed by atoms with van der Waals surface area (Å²) in [5, 5.41) is 4.58. The van der Waals surface area contributed by atoms with Gasteiger partial charge in [0.2, 0.25) is 0 Å². The molecule has 0 saturated heterocycles. The molecule has 0 radical (unpaired) electrons. The number of ether oxygens (including phenoxy) is 4. The molecular formula is C21H22N2O7. The molecule has 0 saturated carbocycles. The van der Waals surface area contributed by atoms with Gasteiger partial charge in [-0.15, -0.1) is 0 Å². The van der Waals surface area contributed by atoms with Crippen molar-refractivity contribution in [2.45, 2.75) is 13.3 Å². The first-order valence-electron chi connectivity index (χ1n) is 9.35. The lowest BCUT2D eigenvalue weighted by atomic mass is 10.2. The maximum atomic E-state index is 11.9. The minimum absolute atomic E-state index is 0.0233. The average molecular weight is 414 g/mol. The van der Waals surface area contributed by atoms with Crippen LogP contribution in [0.2, 0.25) is 0 Å². The van der Waals surface area contributed by atoms with E-state index in [0.29, 0.717) is 36.1 Å². The van der Waals surface area contributed by atoms with Gasteiger partial charge in [0.15, 0.2) is 18.1 Å². The Hall–Kier alpha value is -3.75. The Morgan fingerprint density at radius 3 is 2.50 bits per heavy atom. The number of hydrogen-bond acceptors (Lipinski definition) is 7. The number of esters is 1. The third kappa shape index (κ3) is 6.40. The molecule has 158 valence electrons. The number of carbonyl (C=O) groups is 3. The van der Waals surface area contributed by atoms with E-state index in [1.54, 1.807) is 30.3 Å². The Labute approximate surface area is 173 Å². The van der Waals surface area contributed by atoms with Crippen molar-refractivity contribution in [3.8, 4) is 17.2 Å². The van der Waals surface area contributed by atoms with Gasteiger partial charge in [-0.3, -0.25) is 14.9 Å². The highest BCUT2D eigenvalue weighted by Gasteiger charge is 2.14. The molecule has 0 atom stereocenters. The molecule has 1 aliphatic rings. The van der Waals surface area contributed by atoms with Gasteiger partial charge in [-0.05, 0) is 31.2 Å². The van der Waals surface area contributed by atoms with E-state index in [1.807, 2.05) is 19.1 Å². The minimum atomic E-state index is -0.754. The monoisotopic (exact) mass is 414 g/mol. The van der Waals surface area contributed by atoms with Gasteiger partial charge in [-0.25, -0.2) is 4.79 Å². The van der Waals surface area contributed by atoms with Crippen molar-refractivity contribution in [2.24, 2.45) is 0 Å². The summed E-state index contributed by atoms with van der Waals surface area (Å²) in [5.74, 6) is 0.373. The molecule has 2 N–H and O–H groups in total. The summed E-state index contributed by atoms with van der Waals surface area (Å²) in [7, 11) is 0. The van der Waals surface area contributed by atoms with Crippen molar-refractivity contribution in [3.05, 3.63) is 48.0 Å². The van der Waals surface area contributed by atoms with Gasteiger partial charge in [0.1, 0.15) is 19.0 Å². The van der Waals surface area contributed by atoms with E-state index in [9.17, 15) is 14.4 Å². The van der Waals surface area contributed by atoms with E-state index in [-0.39, 0.29) is 13.0 Å². The quantitative estimate of drug-likeness (QED) is 0.669. The molecule has 30 heavy (non-hydrogen) atoms. The lowest BCUT2D eigenvalue weighted by Crippen LogP contribution is -2.37. The van der Waals surface area contributed by atoms with Gasteiger partial charge in [-0.1, -0.05) is 17.7 Å².